The number of aryl methyl sites for hydroxylation is 2. The Morgan fingerprint density at radius 3 is 2.61 bits per heavy atom. The maximum atomic E-state index is 12.4. The highest BCUT2D eigenvalue weighted by molar-refractivity contribution is 5.04. The van der Waals surface area contributed by atoms with Crippen LogP contribution in [0.1, 0.15) is 5.69 Å². The minimum atomic E-state index is -4.55. The summed E-state index contributed by atoms with van der Waals surface area (Å²) in [6.07, 6.45) is -1.36. The lowest BCUT2D eigenvalue weighted by atomic mass is 10.4. The summed E-state index contributed by atoms with van der Waals surface area (Å²) in [4.78, 5) is 11.4. The van der Waals surface area contributed by atoms with Crippen molar-refractivity contribution in [2.24, 2.45) is 0 Å². The van der Waals surface area contributed by atoms with Gasteiger partial charge in [-0.1, -0.05) is 0 Å². The lowest BCUT2D eigenvalue weighted by Gasteiger charge is -2.09. The van der Waals surface area contributed by atoms with E-state index in [1.54, 1.807) is 18.5 Å². The van der Waals surface area contributed by atoms with E-state index in [0.717, 1.165) is 10.7 Å². The molecule has 18 heavy (non-hydrogen) atoms. The van der Waals surface area contributed by atoms with Gasteiger partial charge in [-0.25, -0.2) is 4.68 Å². The van der Waals surface area contributed by atoms with Gasteiger partial charge < -0.3 is 0 Å². The normalized spacial score (nSPS) is 11.7. The van der Waals surface area contributed by atoms with Gasteiger partial charge in [-0.3, -0.25) is 9.48 Å². The number of halogens is 3. The van der Waals surface area contributed by atoms with Crippen LogP contribution < -0.4 is 5.56 Å². The van der Waals surface area contributed by atoms with E-state index in [4.69, 9.17) is 0 Å². The van der Waals surface area contributed by atoms with E-state index in [0.29, 0.717) is 6.07 Å². The second-order valence-corrected chi connectivity index (χ2v) is 3.55. The fourth-order valence-electron chi connectivity index (χ4n) is 1.39. The third kappa shape index (κ3) is 2.76. The molecule has 0 unspecified atom stereocenters. The molecule has 0 aromatic carbocycles. The predicted octanol–water partition coefficient (Wildman–Crippen LogP) is 1.16. The van der Waals surface area contributed by atoms with Crippen molar-refractivity contribution in [1.29, 1.82) is 0 Å². The molecule has 2 aromatic heterocycles. The SMILES string of the molecule is O=c1ccc(C(F)(F)F)nn1CCn1cccn1. The van der Waals surface area contributed by atoms with Crippen LogP contribution in [-0.4, -0.2) is 19.6 Å². The molecule has 0 fully saturated rings. The summed E-state index contributed by atoms with van der Waals surface area (Å²) in [7, 11) is 0. The maximum Gasteiger partial charge on any atom is 0.435 e. The van der Waals surface area contributed by atoms with Crippen molar-refractivity contribution in [3.05, 3.63) is 46.6 Å². The highest BCUT2D eigenvalue weighted by Crippen LogP contribution is 2.26. The fraction of sp³-hybridized carbons (Fsp3) is 0.300. The summed E-state index contributed by atoms with van der Waals surface area (Å²) in [5.41, 5.74) is -1.65. The molecule has 5 nitrogen and oxygen atoms in total. The van der Waals surface area contributed by atoms with E-state index < -0.39 is 17.4 Å². The molecule has 8 heteroatoms. The molecule has 0 radical (unpaired) electrons. The van der Waals surface area contributed by atoms with Crippen molar-refractivity contribution in [2.75, 3.05) is 0 Å². The number of hydrogen-bond donors (Lipinski definition) is 0. The van der Waals surface area contributed by atoms with Crippen LogP contribution >= 0.6 is 0 Å². The molecule has 0 saturated carbocycles. The summed E-state index contributed by atoms with van der Waals surface area (Å²) in [6, 6.07) is 3.22. The molecule has 0 aliphatic carbocycles. The number of nitrogens with zero attached hydrogens (tertiary/aromatic N) is 4. The van der Waals surface area contributed by atoms with Gasteiger partial charge in [0.05, 0.1) is 13.1 Å². The van der Waals surface area contributed by atoms with Crippen LogP contribution in [-0.2, 0) is 19.3 Å². The average molecular weight is 258 g/mol. The molecule has 2 aromatic rings. The van der Waals surface area contributed by atoms with Crippen molar-refractivity contribution in [2.45, 2.75) is 19.3 Å². The van der Waals surface area contributed by atoms with Gasteiger partial charge in [-0.15, -0.1) is 0 Å². The topological polar surface area (TPSA) is 52.7 Å². The lowest BCUT2D eigenvalue weighted by Crippen LogP contribution is -2.27. The minimum absolute atomic E-state index is 0.0322. The van der Waals surface area contributed by atoms with Crippen molar-refractivity contribution < 1.29 is 13.2 Å². The van der Waals surface area contributed by atoms with Gasteiger partial charge in [-0.2, -0.15) is 23.4 Å². The zero-order chi connectivity index (χ0) is 13.2. The van der Waals surface area contributed by atoms with Crippen molar-refractivity contribution in [1.82, 2.24) is 19.6 Å². The van der Waals surface area contributed by atoms with Crippen LogP contribution in [0.4, 0.5) is 13.2 Å². The van der Waals surface area contributed by atoms with E-state index in [1.807, 2.05) is 0 Å². The molecule has 2 heterocycles. The van der Waals surface area contributed by atoms with Gasteiger partial charge in [-0.05, 0) is 12.1 Å². The van der Waals surface area contributed by atoms with Gasteiger partial charge in [0.2, 0.25) is 0 Å². The number of alkyl halides is 3. The molecule has 0 aliphatic heterocycles. The zero-order valence-corrected chi connectivity index (χ0v) is 9.13. The third-order valence-electron chi connectivity index (χ3n) is 2.26. The first-order valence-corrected chi connectivity index (χ1v) is 5.09. The van der Waals surface area contributed by atoms with Gasteiger partial charge in [0.25, 0.3) is 5.56 Å². The predicted molar refractivity (Wildman–Crippen MR) is 55.7 cm³/mol. The first-order chi connectivity index (χ1) is 8.47. The van der Waals surface area contributed by atoms with E-state index in [-0.39, 0.29) is 13.1 Å². The van der Waals surface area contributed by atoms with E-state index >= 15 is 0 Å². The largest absolute Gasteiger partial charge is 0.435 e. The Labute approximate surface area is 99.5 Å². The second kappa shape index (κ2) is 4.63. The first-order valence-electron chi connectivity index (χ1n) is 5.09. The van der Waals surface area contributed by atoms with E-state index in [9.17, 15) is 18.0 Å². The molecular formula is C10H9F3N4O. The van der Waals surface area contributed by atoms with Gasteiger partial charge in [0.1, 0.15) is 0 Å². The minimum Gasteiger partial charge on any atom is -0.271 e. The Morgan fingerprint density at radius 2 is 2.00 bits per heavy atom. The Bertz CT molecular complexity index is 574. The van der Waals surface area contributed by atoms with Crippen LogP contribution in [0, 0.1) is 0 Å². The molecule has 0 aliphatic rings. The summed E-state index contributed by atoms with van der Waals surface area (Å²) >= 11 is 0. The molecule has 0 atom stereocenters. The number of rotatable bonds is 3. The van der Waals surface area contributed by atoms with Crippen LogP contribution in [0.15, 0.2) is 35.4 Å². The van der Waals surface area contributed by atoms with Gasteiger partial charge in [0.15, 0.2) is 5.69 Å². The molecule has 0 N–H and O–H groups in total. The summed E-state index contributed by atoms with van der Waals surface area (Å²) < 4.78 is 39.5. The summed E-state index contributed by atoms with van der Waals surface area (Å²) in [5, 5.41) is 7.16. The Morgan fingerprint density at radius 1 is 1.22 bits per heavy atom. The van der Waals surface area contributed by atoms with Crippen LogP contribution in [0.3, 0.4) is 0 Å². The summed E-state index contributed by atoms with van der Waals surface area (Å²) in [5.74, 6) is 0. The average Bonchev–Trinajstić information content (AvgIpc) is 2.79. The van der Waals surface area contributed by atoms with E-state index in [2.05, 4.69) is 10.2 Å². The first kappa shape index (κ1) is 12.3. The number of aromatic nitrogens is 4. The van der Waals surface area contributed by atoms with Gasteiger partial charge >= 0.3 is 6.18 Å². The fourth-order valence-corrected chi connectivity index (χ4v) is 1.39. The molecule has 0 bridgehead atoms. The monoisotopic (exact) mass is 258 g/mol. The zero-order valence-electron chi connectivity index (χ0n) is 9.13. The molecule has 2 rings (SSSR count). The van der Waals surface area contributed by atoms with E-state index in [1.165, 1.54) is 4.68 Å². The quantitative estimate of drug-likeness (QED) is 0.830. The van der Waals surface area contributed by atoms with Crippen molar-refractivity contribution in [3.63, 3.8) is 0 Å². The Kier molecular flexibility index (Phi) is 3.17. The lowest BCUT2D eigenvalue weighted by molar-refractivity contribution is -0.142. The van der Waals surface area contributed by atoms with Crippen molar-refractivity contribution in [3.8, 4) is 0 Å². The van der Waals surface area contributed by atoms with Crippen LogP contribution in [0.5, 0.6) is 0 Å². The molecular weight excluding hydrogens is 249 g/mol. The standard InChI is InChI=1S/C10H9F3N4O/c11-10(12,13)8-2-3-9(18)17(15-8)7-6-16-5-1-4-14-16/h1-5H,6-7H2. The highest BCUT2D eigenvalue weighted by Gasteiger charge is 2.33. The molecule has 0 amide bonds. The van der Waals surface area contributed by atoms with Crippen molar-refractivity contribution >= 4 is 0 Å². The Hall–Kier alpha value is -2.12. The molecule has 96 valence electrons. The third-order valence-corrected chi connectivity index (χ3v) is 2.26. The van der Waals surface area contributed by atoms with Crippen LogP contribution in [0.25, 0.3) is 0 Å². The smallest absolute Gasteiger partial charge is 0.271 e. The molecule has 0 spiro atoms. The maximum absolute atomic E-state index is 12.4. The highest BCUT2D eigenvalue weighted by atomic mass is 19.4. The number of hydrogen-bond acceptors (Lipinski definition) is 3. The van der Waals surface area contributed by atoms with Gasteiger partial charge in [0, 0.05) is 18.5 Å². The Balaban J connectivity index is 2.19. The summed E-state index contributed by atoms with van der Waals surface area (Å²) in [6.45, 7) is 0.311. The molecule has 0 saturated heterocycles. The second-order valence-electron chi connectivity index (χ2n) is 3.55. The van der Waals surface area contributed by atoms with Crippen LogP contribution in [0.2, 0.25) is 0 Å².